The highest BCUT2D eigenvalue weighted by atomic mass is 32.2. The summed E-state index contributed by atoms with van der Waals surface area (Å²) in [6, 6.07) is 23.4. The van der Waals surface area contributed by atoms with E-state index in [2.05, 4.69) is 30.0 Å². The summed E-state index contributed by atoms with van der Waals surface area (Å²) in [4.78, 5) is 36.8. The molecule has 1 aromatic heterocycles. The summed E-state index contributed by atoms with van der Waals surface area (Å²) in [7, 11) is 0. The molecular formula is C34H33N3O3S2. The van der Waals surface area contributed by atoms with Gasteiger partial charge in [-0.15, -0.1) is 11.8 Å². The van der Waals surface area contributed by atoms with Crippen molar-refractivity contribution in [3.8, 4) is 0 Å². The van der Waals surface area contributed by atoms with Gasteiger partial charge in [0, 0.05) is 29.2 Å². The molecule has 1 fully saturated rings. The van der Waals surface area contributed by atoms with E-state index >= 15 is 0 Å². The van der Waals surface area contributed by atoms with E-state index < -0.39 is 12.0 Å². The molecule has 1 atom stereocenters. The van der Waals surface area contributed by atoms with E-state index in [1.165, 1.54) is 29.9 Å². The molecule has 0 amide bonds. The van der Waals surface area contributed by atoms with Gasteiger partial charge in [0.05, 0.1) is 28.5 Å². The summed E-state index contributed by atoms with van der Waals surface area (Å²) in [5.41, 5.74) is 5.70. The van der Waals surface area contributed by atoms with Crippen LogP contribution in [0, 0.1) is 6.92 Å². The number of thiazole rings is 1. The van der Waals surface area contributed by atoms with Crippen molar-refractivity contribution in [1.82, 2.24) is 4.57 Å². The molecule has 1 saturated heterocycles. The molecule has 3 heterocycles. The maximum absolute atomic E-state index is 14.2. The van der Waals surface area contributed by atoms with Crippen LogP contribution in [0.25, 0.3) is 11.8 Å². The van der Waals surface area contributed by atoms with E-state index in [0.717, 1.165) is 40.2 Å². The maximum atomic E-state index is 14.2. The number of fused-ring (bicyclic) bond motifs is 1. The Bertz CT molecular complexity index is 1830. The fourth-order valence-electron chi connectivity index (χ4n) is 5.68. The lowest BCUT2D eigenvalue weighted by Crippen LogP contribution is -2.40. The standard InChI is InChI=1S/C34H33N3O3S2/c1-4-40-33(39)29-30(23-10-6-5-7-11-23)35-34-37(31(29)24-13-16-27(41-3)17-14-24)32(38)28(42-34)21-25-12-15-26(20-22(25)2)36-18-8-9-19-36/h5-7,10-17,20-21,31H,4,8-9,18-19H2,1-3H3/b28-21+/t31-/m0/s1. The van der Waals surface area contributed by atoms with Crippen LogP contribution in [0.5, 0.6) is 0 Å². The molecule has 0 spiro atoms. The number of hydrogen-bond donors (Lipinski definition) is 0. The molecule has 0 radical (unpaired) electrons. The fraction of sp³-hybridized carbons (Fsp3) is 0.265. The summed E-state index contributed by atoms with van der Waals surface area (Å²) >= 11 is 3.00. The number of nitrogens with zero attached hydrogens (tertiary/aromatic N) is 3. The van der Waals surface area contributed by atoms with Gasteiger partial charge in [-0.25, -0.2) is 9.79 Å². The monoisotopic (exact) mass is 595 g/mol. The number of aryl methyl sites for hydroxylation is 1. The zero-order chi connectivity index (χ0) is 29.2. The van der Waals surface area contributed by atoms with E-state index in [1.807, 2.05) is 66.9 Å². The average molecular weight is 596 g/mol. The van der Waals surface area contributed by atoms with Crippen LogP contribution in [-0.2, 0) is 9.53 Å². The van der Waals surface area contributed by atoms with Crippen molar-refractivity contribution in [3.63, 3.8) is 0 Å². The highest BCUT2D eigenvalue weighted by Gasteiger charge is 2.35. The molecule has 6 rings (SSSR count). The van der Waals surface area contributed by atoms with Crippen LogP contribution in [0.4, 0.5) is 5.69 Å². The van der Waals surface area contributed by atoms with Gasteiger partial charge < -0.3 is 9.64 Å². The van der Waals surface area contributed by atoms with Crippen LogP contribution in [0.3, 0.4) is 0 Å². The van der Waals surface area contributed by atoms with Gasteiger partial charge in [-0.1, -0.05) is 59.9 Å². The first kappa shape index (κ1) is 28.2. The zero-order valence-electron chi connectivity index (χ0n) is 24.0. The van der Waals surface area contributed by atoms with E-state index in [4.69, 9.17) is 9.73 Å². The van der Waals surface area contributed by atoms with Crippen molar-refractivity contribution in [2.24, 2.45) is 4.99 Å². The predicted molar refractivity (Wildman–Crippen MR) is 172 cm³/mol. The van der Waals surface area contributed by atoms with Gasteiger partial charge in [-0.3, -0.25) is 9.36 Å². The SMILES string of the molecule is CCOC(=O)C1=C(c2ccccc2)N=c2s/c(=C/c3ccc(N4CCCC4)cc3C)c(=O)n2[C@H]1c1ccc(SC)cc1. The number of rotatable bonds is 7. The van der Waals surface area contributed by atoms with Gasteiger partial charge in [-0.05, 0) is 80.0 Å². The molecule has 0 unspecified atom stereocenters. The minimum Gasteiger partial charge on any atom is -0.463 e. The number of anilines is 1. The maximum Gasteiger partial charge on any atom is 0.338 e. The number of esters is 1. The fourth-order valence-corrected chi connectivity index (χ4v) is 7.08. The van der Waals surface area contributed by atoms with Crippen molar-refractivity contribution in [2.75, 3.05) is 30.9 Å². The van der Waals surface area contributed by atoms with Crippen LogP contribution in [0.2, 0.25) is 0 Å². The van der Waals surface area contributed by atoms with E-state index in [1.54, 1.807) is 23.3 Å². The van der Waals surface area contributed by atoms with Crippen LogP contribution < -0.4 is 19.8 Å². The molecule has 0 bridgehead atoms. The number of hydrogen-bond acceptors (Lipinski definition) is 7. The summed E-state index contributed by atoms with van der Waals surface area (Å²) in [5, 5.41) is 0. The molecule has 0 saturated carbocycles. The average Bonchev–Trinajstić information content (AvgIpc) is 3.66. The Hall–Kier alpha value is -3.88. The molecule has 8 heteroatoms. The second-order valence-corrected chi connectivity index (χ2v) is 12.3. The Morgan fingerprint density at radius 1 is 1.07 bits per heavy atom. The Morgan fingerprint density at radius 3 is 2.48 bits per heavy atom. The number of benzene rings is 3. The first-order chi connectivity index (χ1) is 20.5. The minimum absolute atomic E-state index is 0.172. The van der Waals surface area contributed by atoms with Gasteiger partial charge in [0.2, 0.25) is 0 Å². The molecule has 0 aliphatic carbocycles. The predicted octanol–water partition coefficient (Wildman–Crippen LogP) is 5.57. The number of thioether (sulfide) groups is 1. The summed E-state index contributed by atoms with van der Waals surface area (Å²) in [6.45, 7) is 6.27. The van der Waals surface area contributed by atoms with Gasteiger partial charge in [0.25, 0.3) is 5.56 Å². The third kappa shape index (κ3) is 5.37. The molecule has 4 aromatic rings. The first-order valence-corrected chi connectivity index (χ1v) is 16.3. The quantitative estimate of drug-likeness (QED) is 0.207. The molecule has 2 aliphatic rings. The molecule has 214 valence electrons. The van der Waals surface area contributed by atoms with Crippen molar-refractivity contribution in [3.05, 3.63) is 120 Å². The zero-order valence-corrected chi connectivity index (χ0v) is 25.6. The van der Waals surface area contributed by atoms with Gasteiger partial charge in [0.1, 0.15) is 0 Å². The topological polar surface area (TPSA) is 63.9 Å². The third-order valence-electron chi connectivity index (χ3n) is 7.82. The smallest absolute Gasteiger partial charge is 0.338 e. The molecule has 6 nitrogen and oxygen atoms in total. The van der Waals surface area contributed by atoms with E-state index in [0.29, 0.717) is 20.6 Å². The van der Waals surface area contributed by atoms with Crippen LogP contribution in [-0.4, -0.2) is 36.5 Å². The number of carbonyl (C=O) groups is 1. The van der Waals surface area contributed by atoms with Gasteiger partial charge in [0.15, 0.2) is 4.80 Å². The highest BCUT2D eigenvalue weighted by molar-refractivity contribution is 7.98. The van der Waals surface area contributed by atoms with Gasteiger partial charge >= 0.3 is 5.97 Å². The summed E-state index contributed by atoms with van der Waals surface area (Å²) in [5.74, 6) is -0.471. The first-order valence-electron chi connectivity index (χ1n) is 14.3. The molecule has 2 aliphatic heterocycles. The molecule has 42 heavy (non-hydrogen) atoms. The number of carbonyl (C=O) groups excluding carboxylic acids is 1. The molecule has 0 N–H and O–H groups in total. The van der Waals surface area contributed by atoms with E-state index in [9.17, 15) is 9.59 Å². The third-order valence-corrected chi connectivity index (χ3v) is 9.54. The largest absolute Gasteiger partial charge is 0.463 e. The van der Waals surface area contributed by atoms with Crippen molar-refractivity contribution >= 4 is 46.5 Å². The molecular weight excluding hydrogens is 563 g/mol. The Kier molecular flexibility index (Phi) is 8.18. The number of ether oxygens (including phenoxy) is 1. The van der Waals surface area contributed by atoms with Crippen molar-refractivity contribution < 1.29 is 9.53 Å². The second kappa shape index (κ2) is 12.2. The van der Waals surface area contributed by atoms with Crippen LogP contribution >= 0.6 is 23.1 Å². The lowest BCUT2D eigenvalue weighted by molar-refractivity contribution is -0.138. The van der Waals surface area contributed by atoms with Crippen LogP contribution in [0.1, 0.15) is 48.1 Å². The summed E-state index contributed by atoms with van der Waals surface area (Å²) in [6.07, 6.45) is 6.43. The van der Waals surface area contributed by atoms with Gasteiger partial charge in [-0.2, -0.15) is 0 Å². The lowest BCUT2D eigenvalue weighted by Gasteiger charge is -2.26. The number of aromatic nitrogens is 1. The summed E-state index contributed by atoms with van der Waals surface area (Å²) < 4.78 is 7.81. The normalized spacial score (nSPS) is 16.9. The lowest BCUT2D eigenvalue weighted by atomic mass is 9.93. The Balaban J connectivity index is 1.56. The van der Waals surface area contributed by atoms with Crippen LogP contribution in [0.15, 0.2) is 93.1 Å². The highest BCUT2D eigenvalue weighted by Crippen LogP contribution is 2.35. The minimum atomic E-state index is -0.674. The second-order valence-electron chi connectivity index (χ2n) is 10.4. The van der Waals surface area contributed by atoms with E-state index in [-0.39, 0.29) is 12.2 Å². The van der Waals surface area contributed by atoms with Crippen molar-refractivity contribution in [2.45, 2.75) is 37.6 Å². The molecule has 3 aromatic carbocycles. The van der Waals surface area contributed by atoms with Crippen molar-refractivity contribution in [1.29, 1.82) is 0 Å². The Labute approximate surface area is 253 Å². The Morgan fingerprint density at radius 2 is 1.81 bits per heavy atom.